The molecule has 1 aliphatic carbocycles. The standard InChI is InChI=1S/C30H33ClN6O3/c1-4-32-28(38)20-15-22(25-24(20)39-30(2,3)40-25)37-17-34-23-26(35-29(31)36-27(23)37)33-16-21(18-11-7-5-8-12-18)19-13-9-6-10-14-19/h5-14,17,20-22,24-25H,4,15-16H2,1-3H3,(H,32,38)(H,33,35,36)/t20-,22+,24+,25-/m0/s1. The number of halogens is 1. The molecule has 0 radical (unpaired) electrons. The highest BCUT2D eigenvalue weighted by molar-refractivity contribution is 6.28. The highest BCUT2D eigenvalue weighted by atomic mass is 35.5. The number of hydrogen-bond donors (Lipinski definition) is 2. The number of fused-ring (bicyclic) bond motifs is 2. The number of nitrogens with one attached hydrogen (secondary N) is 2. The predicted molar refractivity (Wildman–Crippen MR) is 153 cm³/mol. The minimum Gasteiger partial charge on any atom is -0.367 e. The molecule has 2 N–H and O–H groups in total. The molecule has 4 atom stereocenters. The van der Waals surface area contributed by atoms with Gasteiger partial charge in [0.05, 0.1) is 18.3 Å². The Hall–Kier alpha value is -3.53. The molecule has 1 saturated heterocycles. The van der Waals surface area contributed by atoms with E-state index in [-0.39, 0.29) is 41.3 Å². The van der Waals surface area contributed by atoms with E-state index in [1.807, 2.05) is 61.7 Å². The van der Waals surface area contributed by atoms with Crippen molar-refractivity contribution in [2.45, 2.75) is 57.1 Å². The van der Waals surface area contributed by atoms with Crippen LogP contribution in [0.2, 0.25) is 5.28 Å². The van der Waals surface area contributed by atoms with E-state index in [4.69, 9.17) is 26.1 Å². The molecule has 0 bridgehead atoms. The summed E-state index contributed by atoms with van der Waals surface area (Å²) < 4.78 is 14.5. The van der Waals surface area contributed by atoms with E-state index in [0.717, 1.165) is 0 Å². The lowest BCUT2D eigenvalue weighted by Gasteiger charge is -2.24. The molecule has 0 spiro atoms. The van der Waals surface area contributed by atoms with E-state index in [0.29, 0.717) is 36.5 Å². The fraction of sp³-hybridized carbons (Fsp3) is 0.400. The largest absolute Gasteiger partial charge is 0.367 e. The molecular weight excluding hydrogens is 528 g/mol. The van der Waals surface area contributed by atoms with Gasteiger partial charge in [-0.05, 0) is 49.9 Å². The van der Waals surface area contributed by atoms with E-state index < -0.39 is 5.79 Å². The number of carbonyl (C=O) groups is 1. The zero-order valence-electron chi connectivity index (χ0n) is 22.8. The van der Waals surface area contributed by atoms with E-state index in [2.05, 4.69) is 44.9 Å². The monoisotopic (exact) mass is 560 g/mol. The van der Waals surface area contributed by atoms with Gasteiger partial charge in [0.2, 0.25) is 11.2 Å². The molecule has 2 aliphatic rings. The first kappa shape index (κ1) is 26.7. The molecule has 0 unspecified atom stereocenters. The lowest BCUT2D eigenvalue weighted by molar-refractivity contribution is -0.163. The lowest BCUT2D eigenvalue weighted by atomic mass is 9.91. The normalized spacial score (nSPS) is 23.4. The third-order valence-electron chi connectivity index (χ3n) is 7.75. The summed E-state index contributed by atoms with van der Waals surface area (Å²) in [4.78, 5) is 26.7. The Bertz CT molecular complexity index is 1460. The third kappa shape index (κ3) is 5.05. The van der Waals surface area contributed by atoms with Crippen LogP contribution in [0.15, 0.2) is 67.0 Å². The van der Waals surface area contributed by atoms with Crippen molar-refractivity contribution >= 4 is 34.5 Å². The topological polar surface area (TPSA) is 103 Å². The molecule has 2 fully saturated rings. The Morgan fingerprint density at radius 1 is 1.05 bits per heavy atom. The van der Waals surface area contributed by atoms with Crippen LogP contribution in [0.25, 0.3) is 11.2 Å². The first-order valence-electron chi connectivity index (χ1n) is 13.7. The van der Waals surface area contributed by atoms with Crippen molar-refractivity contribution in [1.29, 1.82) is 0 Å². The molecule has 2 aromatic heterocycles. The van der Waals surface area contributed by atoms with Crippen LogP contribution in [0.4, 0.5) is 5.82 Å². The molecule has 2 aromatic carbocycles. The molecule has 3 heterocycles. The number of hydrogen-bond acceptors (Lipinski definition) is 7. The zero-order chi connectivity index (χ0) is 27.9. The van der Waals surface area contributed by atoms with Gasteiger partial charge in [0.1, 0.15) is 12.2 Å². The second-order valence-corrected chi connectivity index (χ2v) is 11.1. The summed E-state index contributed by atoms with van der Waals surface area (Å²) in [6, 6.07) is 20.5. The quantitative estimate of drug-likeness (QED) is 0.294. The fourth-order valence-corrected chi connectivity index (χ4v) is 6.21. The van der Waals surface area contributed by atoms with Crippen molar-refractivity contribution in [3.63, 3.8) is 0 Å². The number of aromatic nitrogens is 4. The van der Waals surface area contributed by atoms with E-state index in [1.165, 1.54) is 11.1 Å². The van der Waals surface area contributed by atoms with E-state index in [1.54, 1.807) is 6.33 Å². The van der Waals surface area contributed by atoms with Crippen LogP contribution < -0.4 is 10.6 Å². The molecule has 10 heteroatoms. The minimum absolute atomic E-state index is 0.0337. The van der Waals surface area contributed by atoms with Gasteiger partial charge in [-0.15, -0.1) is 0 Å². The number of nitrogens with zero attached hydrogens (tertiary/aromatic N) is 4. The van der Waals surface area contributed by atoms with Gasteiger partial charge in [0.15, 0.2) is 22.8 Å². The summed E-state index contributed by atoms with van der Waals surface area (Å²) in [6.07, 6.45) is 1.59. The van der Waals surface area contributed by atoms with Crippen molar-refractivity contribution in [3.8, 4) is 0 Å². The highest BCUT2D eigenvalue weighted by Crippen LogP contribution is 2.47. The lowest BCUT2D eigenvalue weighted by Crippen LogP contribution is -2.37. The summed E-state index contributed by atoms with van der Waals surface area (Å²) in [5, 5.41) is 6.57. The summed E-state index contributed by atoms with van der Waals surface area (Å²) in [6.45, 7) is 6.80. The first-order chi connectivity index (χ1) is 19.3. The van der Waals surface area contributed by atoms with Gasteiger partial charge in [-0.25, -0.2) is 4.98 Å². The predicted octanol–water partition coefficient (Wildman–Crippen LogP) is 4.94. The number of ether oxygens (including phenoxy) is 2. The van der Waals surface area contributed by atoms with E-state index in [9.17, 15) is 4.79 Å². The molecule has 1 amide bonds. The van der Waals surface area contributed by atoms with Gasteiger partial charge >= 0.3 is 0 Å². The van der Waals surface area contributed by atoms with Crippen molar-refractivity contribution in [2.24, 2.45) is 5.92 Å². The number of carbonyl (C=O) groups excluding carboxylic acids is 1. The van der Waals surface area contributed by atoms with Crippen LogP contribution in [0.1, 0.15) is 50.3 Å². The molecule has 6 rings (SSSR count). The molecule has 4 aromatic rings. The summed E-state index contributed by atoms with van der Waals surface area (Å²) >= 11 is 6.46. The van der Waals surface area contributed by atoms with E-state index >= 15 is 0 Å². The van der Waals surface area contributed by atoms with Crippen molar-refractivity contribution in [3.05, 3.63) is 83.4 Å². The molecule has 9 nitrogen and oxygen atoms in total. The van der Waals surface area contributed by atoms with Crippen LogP contribution in [-0.2, 0) is 14.3 Å². The smallest absolute Gasteiger partial charge is 0.226 e. The number of imidazole rings is 1. The summed E-state index contributed by atoms with van der Waals surface area (Å²) in [7, 11) is 0. The van der Waals surface area contributed by atoms with Crippen LogP contribution in [0.5, 0.6) is 0 Å². The van der Waals surface area contributed by atoms with Gasteiger partial charge in [-0.3, -0.25) is 4.79 Å². The molecule has 1 saturated carbocycles. The molecule has 1 aliphatic heterocycles. The average Bonchev–Trinajstić information content (AvgIpc) is 3.60. The summed E-state index contributed by atoms with van der Waals surface area (Å²) in [5.74, 6) is -0.522. The SMILES string of the molecule is CCNC(=O)[C@H]1C[C@@H](n2cnc3c(NCC(c4ccccc4)c4ccccc4)nc(Cl)nc32)[C@@H]2OC(C)(C)O[C@@H]21. The molecule has 208 valence electrons. The van der Waals surface area contributed by atoms with Gasteiger partial charge in [-0.2, -0.15) is 9.97 Å². The van der Waals surface area contributed by atoms with Crippen LogP contribution in [0, 0.1) is 5.92 Å². The summed E-state index contributed by atoms with van der Waals surface area (Å²) in [5.41, 5.74) is 3.59. The van der Waals surface area contributed by atoms with Crippen molar-refractivity contribution < 1.29 is 14.3 Å². The van der Waals surface area contributed by atoms with Crippen molar-refractivity contribution in [2.75, 3.05) is 18.4 Å². The maximum Gasteiger partial charge on any atom is 0.226 e. The Morgan fingerprint density at radius 2 is 1.70 bits per heavy atom. The van der Waals surface area contributed by atoms with Crippen LogP contribution in [-0.4, -0.2) is 56.5 Å². The van der Waals surface area contributed by atoms with Gasteiger partial charge in [-0.1, -0.05) is 60.7 Å². The van der Waals surface area contributed by atoms with Gasteiger partial charge < -0.3 is 24.7 Å². The zero-order valence-corrected chi connectivity index (χ0v) is 23.5. The number of rotatable bonds is 8. The van der Waals surface area contributed by atoms with Crippen LogP contribution in [0.3, 0.4) is 0 Å². The number of amides is 1. The Kier molecular flexibility index (Phi) is 7.20. The molecular formula is C30H33ClN6O3. The Labute approximate surface area is 238 Å². The Balaban J connectivity index is 1.32. The van der Waals surface area contributed by atoms with Crippen LogP contribution >= 0.6 is 11.6 Å². The number of benzene rings is 2. The fourth-order valence-electron chi connectivity index (χ4n) is 6.04. The van der Waals surface area contributed by atoms with Gasteiger partial charge in [0, 0.05) is 19.0 Å². The van der Waals surface area contributed by atoms with Crippen molar-refractivity contribution in [1.82, 2.24) is 24.8 Å². The minimum atomic E-state index is -0.793. The number of anilines is 1. The molecule has 40 heavy (non-hydrogen) atoms. The second-order valence-electron chi connectivity index (χ2n) is 10.8. The maximum atomic E-state index is 12.9. The highest BCUT2D eigenvalue weighted by Gasteiger charge is 2.56. The Morgan fingerprint density at radius 3 is 2.35 bits per heavy atom. The first-order valence-corrected chi connectivity index (χ1v) is 14.1. The second kappa shape index (κ2) is 10.8. The van der Waals surface area contributed by atoms with Gasteiger partial charge in [0.25, 0.3) is 0 Å². The maximum absolute atomic E-state index is 12.9. The average molecular weight is 561 g/mol. The third-order valence-corrected chi connectivity index (χ3v) is 7.92.